The van der Waals surface area contributed by atoms with Crippen LogP contribution in [0.3, 0.4) is 0 Å². The number of aromatic hydroxyl groups is 1. The molecule has 1 spiro atoms. The Bertz CT molecular complexity index is 1430. The molecule has 3 saturated carbocycles. The van der Waals surface area contributed by atoms with Crippen molar-refractivity contribution in [1.82, 2.24) is 9.80 Å². The lowest BCUT2D eigenvalue weighted by atomic mass is 9.50. The van der Waals surface area contributed by atoms with Gasteiger partial charge in [0.2, 0.25) is 5.91 Å². The summed E-state index contributed by atoms with van der Waals surface area (Å²) in [5.41, 5.74) is 3.59. The summed E-state index contributed by atoms with van der Waals surface area (Å²) in [6, 6.07) is 13.1. The third-order valence-corrected chi connectivity index (χ3v) is 13.5. The fourth-order valence-electron chi connectivity index (χ4n) is 11.0. The summed E-state index contributed by atoms with van der Waals surface area (Å²) in [7, 11) is 1.69. The monoisotopic (exact) mass is 654 g/mol. The Balaban J connectivity index is 1.02. The first-order chi connectivity index (χ1) is 23.6. The van der Waals surface area contributed by atoms with Crippen LogP contribution in [0.4, 0.5) is 0 Å². The molecular weight excluding hydrogens is 596 g/mol. The van der Waals surface area contributed by atoms with Crippen LogP contribution in [0.5, 0.6) is 17.2 Å². The van der Waals surface area contributed by atoms with Gasteiger partial charge in [-0.15, -0.1) is 0 Å². The second kappa shape index (κ2) is 13.9. The second-order valence-corrected chi connectivity index (χ2v) is 16.4. The van der Waals surface area contributed by atoms with Crippen LogP contribution in [0, 0.1) is 17.8 Å². The number of carbonyl (C=O) groups is 1. The third-order valence-electron chi connectivity index (χ3n) is 13.5. The van der Waals surface area contributed by atoms with Crippen LogP contribution >= 0.6 is 0 Å². The number of hydrogen-bond donors (Lipinski definition) is 1. The number of unbranched alkanes of at least 4 members (excludes halogenated alkanes) is 4. The average molecular weight is 655 g/mol. The fourth-order valence-corrected chi connectivity index (χ4v) is 11.0. The molecule has 4 fully saturated rings. The summed E-state index contributed by atoms with van der Waals surface area (Å²) in [6.45, 7) is 3.16. The van der Waals surface area contributed by atoms with E-state index in [-0.39, 0.29) is 17.6 Å². The number of methoxy groups -OCH3 is 1. The normalized spacial score (nSPS) is 29.3. The van der Waals surface area contributed by atoms with Gasteiger partial charge in [0.15, 0.2) is 11.5 Å². The Morgan fingerprint density at radius 2 is 1.77 bits per heavy atom. The molecule has 2 aliphatic heterocycles. The number of rotatable bonds is 14. The van der Waals surface area contributed by atoms with Crippen LogP contribution in [-0.2, 0) is 23.1 Å². The molecule has 1 N–H and O–H groups in total. The van der Waals surface area contributed by atoms with Crippen molar-refractivity contribution in [2.45, 2.75) is 139 Å². The lowest BCUT2D eigenvalue weighted by Crippen LogP contribution is -2.69. The number of phenols is 1. The number of likely N-dealkylation sites (tertiary alicyclic amines) is 1. The van der Waals surface area contributed by atoms with E-state index in [4.69, 9.17) is 9.47 Å². The maximum atomic E-state index is 14.4. The van der Waals surface area contributed by atoms with E-state index in [0.29, 0.717) is 41.7 Å². The number of amides is 1. The van der Waals surface area contributed by atoms with Gasteiger partial charge in [0.05, 0.1) is 13.2 Å². The van der Waals surface area contributed by atoms with Crippen LogP contribution < -0.4 is 9.47 Å². The first kappa shape index (κ1) is 32.5. The number of hydrogen-bond acceptors (Lipinski definition) is 5. The molecule has 8 rings (SSSR count). The Kier molecular flexibility index (Phi) is 9.39. The van der Waals surface area contributed by atoms with Crippen molar-refractivity contribution in [1.29, 1.82) is 0 Å². The summed E-state index contributed by atoms with van der Waals surface area (Å²) in [5, 5.41) is 11.4. The number of nitrogens with zero attached hydrogens (tertiary/aromatic N) is 2. The lowest BCUT2D eigenvalue weighted by molar-refractivity contribution is -0.144. The minimum Gasteiger partial charge on any atom is -0.508 e. The quantitative estimate of drug-likeness (QED) is 0.208. The molecule has 2 aromatic rings. The molecule has 2 heterocycles. The van der Waals surface area contributed by atoms with Crippen LogP contribution in [0.1, 0.15) is 119 Å². The number of phenolic OH excluding ortho intramolecular Hbond substituents is 1. The standard InChI is InChI=1S/C42H58N2O4/c1-47-37-26-36(45)32-25-35-33-21-22-34(41-42(33,39(32)40(37)48-41)23-24-43(35)27-31-19-20-31)44(28-30-16-10-6-11-17-30)38(46)18-12-4-2-3-7-13-29-14-8-5-9-15-29/h5,8-9,14-15,26,30-31,33-35,41,45H,2-4,6-7,10-13,16-25,27-28H2,1H3/t33-,34+,35+,41-,42-/m0/s1. The van der Waals surface area contributed by atoms with Crippen molar-refractivity contribution < 1.29 is 19.4 Å². The molecular formula is C42H58N2O4. The molecule has 0 aromatic heterocycles. The van der Waals surface area contributed by atoms with Gasteiger partial charge in [-0.1, -0.05) is 68.9 Å². The van der Waals surface area contributed by atoms with E-state index >= 15 is 0 Å². The molecule has 1 saturated heterocycles. The summed E-state index contributed by atoms with van der Waals surface area (Å²) in [5.74, 6) is 4.16. The highest BCUT2D eigenvalue weighted by atomic mass is 16.5. The first-order valence-corrected chi connectivity index (χ1v) is 19.7. The zero-order chi connectivity index (χ0) is 32.7. The molecule has 6 aliphatic rings. The van der Waals surface area contributed by atoms with Crippen LogP contribution in [-0.4, -0.2) is 65.7 Å². The Labute approximate surface area is 288 Å². The van der Waals surface area contributed by atoms with E-state index in [1.54, 1.807) is 13.2 Å². The van der Waals surface area contributed by atoms with Crippen molar-refractivity contribution in [3.63, 3.8) is 0 Å². The van der Waals surface area contributed by atoms with E-state index in [2.05, 4.69) is 40.1 Å². The summed E-state index contributed by atoms with van der Waals surface area (Å²) >= 11 is 0. The van der Waals surface area contributed by atoms with E-state index in [1.165, 1.54) is 81.9 Å². The van der Waals surface area contributed by atoms with Crippen LogP contribution in [0.15, 0.2) is 36.4 Å². The minimum atomic E-state index is -0.160. The second-order valence-electron chi connectivity index (χ2n) is 16.4. The van der Waals surface area contributed by atoms with Crippen molar-refractivity contribution in [2.75, 3.05) is 26.7 Å². The smallest absolute Gasteiger partial charge is 0.222 e. The van der Waals surface area contributed by atoms with Gasteiger partial charge >= 0.3 is 0 Å². The highest BCUT2D eigenvalue weighted by Gasteiger charge is 2.67. The Morgan fingerprint density at radius 1 is 0.979 bits per heavy atom. The van der Waals surface area contributed by atoms with Crippen molar-refractivity contribution in [3.8, 4) is 17.2 Å². The minimum absolute atomic E-state index is 0.0716. The summed E-state index contributed by atoms with van der Waals surface area (Å²) in [4.78, 5) is 19.6. The molecule has 4 aliphatic carbocycles. The van der Waals surface area contributed by atoms with Gasteiger partial charge in [-0.05, 0) is 100 Å². The molecule has 0 radical (unpaired) electrons. The average Bonchev–Trinajstić information content (AvgIpc) is 3.87. The summed E-state index contributed by atoms with van der Waals surface area (Å²) < 4.78 is 13.1. The van der Waals surface area contributed by atoms with Crippen LogP contribution in [0.2, 0.25) is 0 Å². The number of piperidine rings is 1. The van der Waals surface area contributed by atoms with Crippen molar-refractivity contribution >= 4 is 5.91 Å². The van der Waals surface area contributed by atoms with Gasteiger partial charge < -0.3 is 19.5 Å². The molecule has 0 unspecified atom stereocenters. The van der Waals surface area contributed by atoms with Gasteiger partial charge in [-0.3, -0.25) is 9.69 Å². The number of carbonyl (C=O) groups excluding carboxylic acids is 1. The SMILES string of the molecule is COc1cc(O)c2c3c1O[C@H]1[C@H](N(CC4CCCCC4)C(=O)CCCCCCCc4ccccc4)CC[C@H]4[C@@H](C2)N(CC2CC2)CC[C@@]341. The van der Waals surface area contributed by atoms with Gasteiger partial charge in [-0.25, -0.2) is 0 Å². The maximum Gasteiger partial charge on any atom is 0.222 e. The van der Waals surface area contributed by atoms with E-state index in [0.717, 1.165) is 75.3 Å². The van der Waals surface area contributed by atoms with Gasteiger partial charge in [0.1, 0.15) is 11.9 Å². The van der Waals surface area contributed by atoms with Crippen molar-refractivity contribution in [2.24, 2.45) is 17.8 Å². The molecule has 1 amide bonds. The van der Waals surface area contributed by atoms with E-state index in [1.807, 2.05) is 0 Å². The Hall–Kier alpha value is -2.73. The maximum absolute atomic E-state index is 14.4. The molecule has 6 nitrogen and oxygen atoms in total. The summed E-state index contributed by atoms with van der Waals surface area (Å²) in [6.07, 6.45) is 20.6. The topological polar surface area (TPSA) is 62.2 Å². The zero-order valence-corrected chi connectivity index (χ0v) is 29.3. The highest BCUT2D eigenvalue weighted by Crippen LogP contribution is 2.66. The molecule has 48 heavy (non-hydrogen) atoms. The first-order valence-electron chi connectivity index (χ1n) is 19.7. The largest absolute Gasteiger partial charge is 0.508 e. The van der Waals surface area contributed by atoms with Crippen LogP contribution in [0.25, 0.3) is 0 Å². The van der Waals surface area contributed by atoms with E-state index < -0.39 is 0 Å². The third kappa shape index (κ3) is 6.03. The molecule has 5 atom stereocenters. The number of aryl methyl sites for hydroxylation is 1. The predicted molar refractivity (Wildman–Crippen MR) is 190 cm³/mol. The highest BCUT2D eigenvalue weighted by molar-refractivity contribution is 5.77. The molecule has 2 aromatic carbocycles. The molecule has 6 heteroatoms. The lowest BCUT2D eigenvalue weighted by Gasteiger charge is -2.60. The molecule has 2 bridgehead atoms. The van der Waals surface area contributed by atoms with E-state index in [9.17, 15) is 9.90 Å². The number of ether oxygens (including phenoxy) is 2. The van der Waals surface area contributed by atoms with Gasteiger partial charge in [0.25, 0.3) is 0 Å². The Morgan fingerprint density at radius 3 is 2.56 bits per heavy atom. The number of benzene rings is 2. The van der Waals surface area contributed by atoms with Gasteiger partial charge in [-0.2, -0.15) is 0 Å². The zero-order valence-electron chi connectivity index (χ0n) is 29.3. The predicted octanol–water partition coefficient (Wildman–Crippen LogP) is 8.21. The van der Waals surface area contributed by atoms with Gasteiger partial charge in [0, 0.05) is 48.2 Å². The van der Waals surface area contributed by atoms with Crippen molar-refractivity contribution in [3.05, 3.63) is 53.1 Å². The molecule has 260 valence electrons. The fraction of sp³-hybridized carbons (Fsp3) is 0.690.